The summed E-state index contributed by atoms with van der Waals surface area (Å²) in [5, 5.41) is 10.2. The van der Waals surface area contributed by atoms with Crippen molar-refractivity contribution in [2.24, 2.45) is 5.92 Å². The van der Waals surface area contributed by atoms with Crippen LogP contribution < -0.4 is 0 Å². The Hall–Kier alpha value is -2.28. The molecule has 140 valence electrons. The molecule has 0 aliphatic carbocycles. The topological polar surface area (TPSA) is 32.0 Å². The molecular weight excluding hydrogens is 354 g/mol. The third-order valence-electron chi connectivity index (χ3n) is 5.51. The number of nitrogens with zero attached hydrogens (tertiary/aromatic N) is 3. The standard InChI is InChI=1S/C23H25N3.ClH/c24-16-20-8-9-23-22(15-20)11-14-26(23)18-21-10-13-25(17-21)12-4-7-19-5-2-1-3-6-19;/h1-3,5-6,8-9,11,14-15,21H,4,7,10,12-13,17-18H2;1H. The van der Waals surface area contributed by atoms with Gasteiger partial charge in [-0.1, -0.05) is 30.3 Å². The molecule has 3 nitrogen and oxygen atoms in total. The Morgan fingerprint density at radius 2 is 1.93 bits per heavy atom. The largest absolute Gasteiger partial charge is 0.347 e. The van der Waals surface area contributed by atoms with Crippen molar-refractivity contribution in [3.8, 4) is 6.07 Å². The van der Waals surface area contributed by atoms with Crippen LogP contribution in [0.3, 0.4) is 0 Å². The third-order valence-corrected chi connectivity index (χ3v) is 5.51. The van der Waals surface area contributed by atoms with Gasteiger partial charge in [-0.2, -0.15) is 5.26 Å². The van der Waals surface area contributed by atoms with Crippen molar-refractivity contribution in [3.05, 3.63) is 71.9 Å². The molecule has 2 aromatic carbocycles. The zero-order chi connectivity index (χ0) is 17.8. The van der Waals surface area contributed by atoms with Crippen molar-refractivity contribution >= 4 is 23.3 Å². The van der Waals surface area contributed by atoms with E-state index in [4.69, 9.17) is 5.26 Å². The number of benzene rings is 2. The molecular formula is C23H26ClN3. The van der Waals surface area contributed by atoms with Gasteiger partial charge in [-0.3, -0.25) is 0 Å². The van der Waals surface area contributed by atoms with E-state index in [1.165, 1.54) is 55.4 Å². The second-order valence-electron chi connectivity index (χ2n) is 7.40. The number of nitriles is 1. The number of fused-ring (bicyclic) bond motifs is 1. The van der Waals surface area contributed by atoms with E-state index >= 15 is 0 Å². The maximum Gasteiger partial charge on any atom is 0.0991 e. The molecule has 1 aliphatic heterocycles. The highest BCUT2D eigenvalue weighted by molar-refractivity contribution is 5.85. The van der Waals surface area contributed by atoms with Gasteiger partial charge in [0.2, 0.25) is 0 Å². The fourth-order valence-corrected chi connectivity index (χ4v) is 4.12. The van der Waals surface area contributed by atoms with E-state index < -0.39 is 0 Å². The minimum atomic E-state index is 0. The van der Waals surface area contributed by atoms with Crippen molar-refractivity contribution in [3.63, 3.8) is 0 Å². The number of rotatable bonds is 6. The fourth-order valence-electron chi connectivity index (χ4n) is 4.12. The summed E-state index contributed by atoms with van der Waals surface area (Å²) in [6.07, 6.45) is 5.86. The molecule has 0 saturated carbocycles. The summed E-state index contributed by atoms with van der Waals surface area (Å²) >= 11 is 0. The summed E-state index contributed by atoms with van der Waals surface area (Å²) in [6.45, 7) is 4.69. The number of likely N-dealkylation sites (tertiary alicyclic amines) is 1. The summed E-state index contributed by atoms with van der Waals surface area (Å²) in [7, 11) is 0. The quantitative estimate of drug-likeness (QED) is 0.610. The zero-order valence-corrected chi connectivity index (χ0v) is 16.4. The fraction of sp³-hybridized carbons (Fsp3) is 0.348. The predicted octanol–water partition coefficient (Wildman–Crippen LogP) is 4.89. The van der Waals surface area contributed by atoms with Crippen LogP contribution in [0, 0.1) is 17.2 Å². The number of hydrogen-bond acceptors (Lipinski definition) is 2. The maximum absolute atomic E-state index is 9.04. The molecule has 1 aromatic heterocycles. The lowest BCUT2D eigenvalue weighted by Crippen LogP contribution is -2.23. The van der Waals surface area contributed by atoms with Gasteiger partial charge in [0.1, 0.15) is 0 Å². The van der Waals surface area contributed by atoms with Gasteiger partial charge >= 0.3 is 0 Å². The number of aromatic nitrogens is 1. The highest BCUT2D eigenvalue weighted by Crippen LogP contribution is 2.23. The summed E-state index contributed by atoms with van der Waals surface area (Å²) in [4.78, 5) is 2.62. The van der Waals surface area contributed by atoms with Gasteiger partial charge in [-0.05, 0) is 68.1 Å². The average molecular weight is 380 g/mol. The molecule has 1 aliphatic rings. The molecule has 3 aromatic rings. The maximum atomic E-state index is 9.04. The lowest BCUT2D eigenvalue weighted by Gasteiger charge is -2.16. The Morgan fingerprint density at radius 3 is 2.74 bits per heavy atom. The van der Waals surface area contributed by atoms with Crippen LogP contribution in [0.5, 0.6) is 0 Å². The minimum Gasteiger partial charge on any atom is -0.347 e. The second kappa shape index (κ2) is 9.08. The van der Waals surface area contributed by atoms with Crippen molar-refractivity contribution in [1.29, 1.82) is 5.26 Å². The van der Waals surface area contributed by atoms with E-state index in [1.54, 1.807) is 0 Å². The molecule has 4 rings (SSSR count). The van der Waals surface area contributed by atoms with Crippen LogP contribution in [-0.4, -0.2) is 29.1 Å². The second-order valence-corrected chi connectivity index (χ2v) is 7.40. The summed E-state index contributed by atoms with van der Waals surface area (Å²) in [5.41, 5.74) is 3.42. The molecule has 0 bridgehead atoms. The highest BCUT2D eigenvalue weighted by atomic mass is 35.5. The third kappa shape index (κ3) is 4.71. The molecule has 0 N–H and O–H groups in total. The molecule has 1 saturated heterocycles. The number of halogens is 1. The van der Waals surface area contributed by atoms with E-state index in [1.807, 2.05) is 12.1 Å². The minimum absolute atomic E-state index is 0. The smallest absolute Gasteiger partial charge is 0.0991 e. The number of aryl methyl sites for hydroxylation is 1. The lowest BCUT2D eigenvalue weighted by atomic mass is 10.1. The predicted molar refractivity (Wildman–Crippen MR) is 113 cm³/mol. The van der Waals surface area contributed by atoms with E-state index in [9.17, 15) is 0 Å². The Bertz CT molecular complexity index is 910. The molecule has 0 radical (unpaired) electrons. The molecule has 27 heavy (non-hydrogen) atoms. The normalized spacial score (nSPS) is 16.9. The molecule has 2 heterocycles. The van der Waals surface area contributed by atoms with Crippen LogP contribution in [0.25, 0.3) is 10.9 Å². The lowest BCUT2D eigenvalue weighted by molar-refractivity contribution is 0.313. The molecule has 1 unspecified atom stereocenters. The monoisotopic (exact) mass is 379 g/mol. The SMILES string of the molecule is Cl.N#Cc1ccc2c(ccn2CC2CCN(CCCc3ccccc3)C2)c1. The van der Waals surface area contributed by atoms with Gasteiger partial charge in [0.05, 0.1) is 11.6 Å². The summed E-state index contributed by atoms with van der Waals surface area (Å²) in [5.74, 6) is 0.720. The van der Waals surface area contributed by atoms with Crippen molar-refractivity contribution < 1.29 is 0 Å². The van der Waals surface area contributed by atoms with E-state index in [2.05, 4.69) is 64.2 Å². The van der Waals surface area contributed by atoms with Crippen LogP contribution in [0.1, 0.15) is 24.0 Å². The number of hydrogen-bond donors (Lipinski definition) is 0. The Kier molecular flexibility index (Phi) is 6.55. The Balaban J connectivity index is 0.00000210. The highest BCUT2D eigenvalue weighted by Gasteiger charge is 2.22. The first-order valence-corrected chi connectivity index (χ1v) is 9.57. The van der Waals surface area contributed by atoms with Crippen molar-refractivity contribution in [2.45, 2.75) is 25.8 Å². The summed E-state index contributed by atoms with van der Waals surface area (Å²) < 4.78 is 2.36. The van der Waals surface area contributed by atoms with Crippen LogP contribution in [-0.2, 0) is 13.0 Å². The van der Waals surface area contributed by atoms with Gasteiger partial charge in [-0.25, -0.2) is 0 Å². The van der Waals surface area contributed by atoms with Crippen molar-refractivity contribution in [1.82, 2.24) is 9.47 Å². The Labute approximate surface area is 167 Å². The Morgan fingerprint density at radius 1 is 1.07 bits per heavy atom. The molecule has 4 heteroatoms. The van der Waals surface area contributed by atoms with Crippen molar-refractivity contribution in [2.75, 3.05) is 19.6 Å². The van der Waals surface area contributed by atoms with Crippen LogP contribution in [0.15, 0.2) is 60.8 Å². The van der Waals surface area contributed by atoms with Crippen LogP contribution in [0.4, 0.5) is 0 Å². The van der Waals surface area contributed by atoms with E-state index in [-0.39, 0.29) is 12.4 Å². The van der Waals surface area contributed by atoms with Gasteiger partial charge in [0.15, 0.2) is 0 Å². The first-order valence-electron chi connectivity index (χ1n) is 9.57. The molecule has 0 spiro atoms. The average Bonchev–Trinajstić information content (AvgIpc) is 3.29. The molecule has 0 amide bonds. The van der Waals surface area contributed by atoms with Gasteiger partial charge in [0, 0.05) is 30.2 Å². The molecule has 1 fully saturated rings. The summed E-state index contributed by atoms with van der Waals surface area (Å²) in [6, 6.07) is 21.1. The zero-order valence-electron chi connectivity index (χ0n) is 15.6. The van der Waals surface area contributed by atoms with Gasteiger partial charge in [-0.15, -0.1) is 12.4 Å². The van der Waals surface area contributed by atoms with Gasteiger partial charge < -0.3 is 9.47 Å². The molecule has 1 atom stereocenters. The van der Waals surface area contributed by atoms with E-state index in [0.717, 1.165) is 18.0 Å². The van der Waals surface area contributed by atoms with E-state index in [0.29, 0.717) is 0 Å². The first-order chi connectivity index (χ1) is 12.8. The van der Waals surface area contributed by atoms with Crippen LogP contribution in [0.2, 0.25) is 0 Å². The van der Waals surface area contributed by atoms with Crippen LogP contribution >= 0.6 is 12.4 Å². The van der Waals surface area contributed by atoms with Gasteiger partial charge in [0.25, 0.3) is 0 Å². The first kappa shape index (κ1) is 19.5.